The number of nitrogens with one attached hydrogen (secondary N) is 2. The van der Waals surface area contributed by atoms with Crippen molar-refractivity contribution in [3.8, 4) is 11.5 Å². The predicted molar refractivity (Wildman–Crippen MR) is 103 cm³/mol. The highest BCUT2D eigenvalue weighted by Crippen LogP contribution is 2.46. The molecular formula is C17H20Br2N2O5. The van der Waals surface area contributed by atoms with E-state index in [1.54, 1.807) is 13.0 Å². The zero-order chi connectivity index (χ0) is 19.4. The van der Waals surface area contributed by atoms with Crippen molar-refractivity contribution in [3.05, 3.63) is 31.8 Å². The first kappa shape index (κ1) is 20.6. The van der Waals surface area contributed by atoms with Crippen molar-refractivity contribution in [2.45, 2.75) is 26.3 Å². The quantitative estimate of drug-likeness (QED) is 0.591. The average molecular weight is 492 g/mol. The normalized spacial score (nSPS) is 16.7. The summed E-state index contributed by atoms with van der Waals surface area (Å²) in [7, 11) is 3.04. The molecule has 1 aromatic carbocycles. The molecule has 1 heterocycles. The third kappa shape index (κ3) is 3.98. The van der Waals surface area contributed by atoms with Gasteiger partial charge < -0.3 is 24.8 Å². The second kappa shape index (κ2) is 8.77. The molecule has 1 aliphatic rings. The zero-order valence-electron chi connectivity index (χ0n) is 14.9. The molecule has 0 fully saturated rings. The van der Waals surface area contributed by atoms with Crippen molar-refractivity contribution >= 4 is 43.9 Å². The molecule has 2 rings (SSSR count). The molecule has 0 spiro atoms. The number of ether oxygens (including phenoxy) is 3. The molecule has 0 radical (unpaired) electrons. The Bertz CT molecular complexity index is 764. The van der Waals surface area contributed by atoms with E-state index in [4.69, 9.17) is 14.2 Å². The lowest BCUT2D eigenvalue weighted by atomic mass is 9.94. The van der Waals surface area contributed by atoms with Gasteiger partial charge in [0.15, 0.2) is 5.75 Å². The number of amides is 2. The molecular weight excluding hydrogens is 472 g/mol. The first-order chi connectivity index (χ1) is 12.3. The number of carbonyl (C=O) groups excluding carboxylic acids is 2. The molecule has 2 N–H and O–H groups in total. The maximum absolute atomic E-state index is 12.6. The Morgan fingerprint density at radius 2 is 1.88 bits per heavy atom. The number of esters is 1. The van der Waals surface area contributed by atoms with Crippen LogP contribution in [0.25, 0.3) is 0 Å². The Hall–Kier alpha value is -1.74. The van der Waals surface area contributed by atoms with Gasteiger partial charge >= 0.3 is 12.0 Å². The minimum Gasteiger partial charge on any atom is -0.495 e. The second-order valence-electron chi connectivity index (χ2n) is 5.53. The summed E-state index contributed by atoms with van der Waals surface area (Å²) >= 11 is 6.90. The number of urea groups is 1. The third-order valence-electron chi connectivity index (χ3n) is 3.81. The van der Waals surface area contributed by atoms with Gasteiger partial charge in [-0.15, -0.1) is 0 Å². The van der Waals surface area contributed by atoms with Crippen molar-refractivity contribution in [1.82, 2.24) is 10.6 Å². The van der Waals surface area contributed by atoms with E-state index >= 15 is 0 Å². The van der Waals surface area contributed by atoms with Gasteiger partial charge in [0.2, 0.25) is 0 Å². The van der Waals surface area contributed by atoms with E-state index in [9.17, 15) is 9.59 Å². The first-order valence-corrected chi connectivity index (χ1v) is 9.49. The van der Waals surface area contributed by atoms with Gasteiger partial charge in [0.25, 0.3) is 0 Å². The Labute approximate surface area is 168 Å². The number of allylic oxidation sites excluding steroid dienone is 1. The fraction of sp³-hybridized carbons (Fsp3) is 0.412. The van der Waals surface area contributed by atoms with Crippen LogP contribution in [0.4, 0.5) is 4.79 Å². The number of methoxy groups -OCH3 is 2. The molecule has 0 aliphatic carbocycles. The van der Waals surface area contributed by atoms with E-state index in [1.165, 1.54) is 14.2 Å². The highest BCUT2D eigenvalue weighted by Gasteiger charge is 2.35. The average Bonchev–Trinajstić information content (AvgIpc) is 2.58. The van der Waals surface area contributed by atoms with Crippen molar-refractivity contribution in [1.29, 1.82) is 0 Å². The monoisotopic (exact) mass is 490 g/mol. The molecule has 9 heteroatoms. The van der Waals surface area contributed by atoms with Crippen molar-refractivity contribution in [2.24, 2.45) is 0 Å². The van der Waals surface area contributed by atoms with Gasteiger partial charge in [-0.25, -0.2) is 9.59 Å². The minimum absolute atomic E-state index is 0.295. The number of carbonyl (C=O) groups is 2. The van der Waals surface area contributed by atoms with Crippen LogP contribution in [-0.4, -0.2) is 32.8 Å². The summed E-state index contributed by atoms with van der Waals surface area (Å²) < 4.78 is 17.4. The van der Waals surface area contributed by atoms with Gasteiger partial charge in [0, 0.05) is 11.3 Å². The summed E-state index contributed by atoms with van der Waals surface area (Å²) in [5.41, 5.74) is 1.34. The molecule has 1 unspecified atom stereocenters. The van der Waals surface area contributed by atoms with E-state index in [1.807, 2.05) is 6.92 Å². The van der Waals surface area contributed by atoms with Gasteiger partial charge in [-0.1, -0.05) is 6.92 Å². The molecule has 0 saturated carbocycles. The molecule has 0 aromatic heterocycles. The zero-order valence-corrected chi connectivity index (χ0v) is 18.0. The number of hydrogen-bond acceptors (Lipinski definition) is 5. The largest absolute Gasteiger partial charge is 0.495 e. The van der Waals surface area contributed by atoms with E-state index < -0.39 is 18.0 Å². The van der Waals surface area contributed by atoms with Crippen LogP contribution in [0, 0.1) is 0 Å². The van der Waals surface area contributed by atoms with Gasteiger partial charge in [0.05, 0.1) is 36.9 Å². The summed E-state index contributed by atoms with van der Waals surface area (Å²) in [5.74, 6) is 0.500. The summed E-state index contributed by atoms with van der Waals surface area (Å²) in [6.45, 7) is 3.87. The van der Waals surface area contributed by atoms with E-state index in [0.717, 1.165) is 0 Å². The third-order valence-corrected chi connectivity index (χ3v) is 5.11. The van der Waals surface area contributed by atoms with Gasteiger partial charge in [-0.3, -0.25) is 0 Å². The molecule has 1 atom stereocenters. The highest BCUT2D eigenvalue weighted by molar-refractivity contribution is 9.11. The fourth-order valence-electron chi connectivity index (χ4n) is 2.68. The smallest absolute Gasteiger partial charge is 0.338 e. The van der Waals surface area contributed by atoms with Crippen LogP contribution in [0.1, 0.15) is 31.9 Å². The van der Waals surface area contributed by atoms with Crippen molar-refractivity contribution in [2.75, 3.05) is 20.8 Å². The van der Waals surface area contributed by atoms with Crippen LogP contribution >= 0.6 is 31.9 Å². The summed E-state index contributed by atoms with van der Waals surface area (Å²) in [4.78, 5) is 24.6. The van der Waals surface area contributed by atoms with Gasteiger partial charge in [-0.2, -0.15) is 0 Å². The lowest BCUT2D eigenvalue weighted by Crippen LogP contribution is -2.45. The summed E-state index contributed by atoms with van der Waals surface area (Å²) in [6, 6.07) is 0.602. The number of halogens is 2. The maximum atomic E-state index is 12.6. The molecule has 2 amide bonds. The number of rotatable bonds is 6. The standard InChI is InChI=1S/C17H20Br2N2O5/c1-5-6-26-16(22)11-8(2)20-17(23)21-13(11)9-7-10(18)15(25-4)12(19)14(9)24-3/h7,13H,5-6H2,1-4H3,(H2,20,21,23). The van der Waals surface area contributed by atoms with Crippen molar-refractivity contribution < 1.29 is 23.8 Å². The van der Waals surface area contributed by atoms with Gasteiger partial charge in [0.1, 0.15) is 10.2 Å². The molecule has 7 nitrogen and oxygen atoms in total. The highest BCUT2D eigenvalue weighted by atomic mass is 79.9. The van der Waals surface area contributed by atoms with Crippen LogP contribution in [0.15, 0.2) is 26.3 Å². The topological polar surface area (TPSA) is 85.9 Å². The molecule has 0 saturated heterocycles. The predicted octanol–water partition coefficient (Wildman–Crippen LogP) is 3.81. The number of hydrogen-bond donors (Lipinski definition) is 2. The summed E-state index contributed by atoms with van der Waals surface area (Å²) in [5, 5.41) is 5.38. The molecule has 26 heavy (non-hydrogen) atoms. The van der Waals surface area contributed by atoms with E-state index in [2.05, 4.69) is 42.5 Å². The number of benzene rings is 1. The van der Waals surface area contributed by atoms with Crippen LogP contribution in [0.2, 0.25) is 0 Å². The summed E-state index contributed by atoms with van der Waals surface area (Å²) in [6.07, 6.45) is 0.700. The fourth-order valence-corrected chi connectivity index (χ4v) is 4.32. The molecule has 1 aliphatic heterocycles. The Morgan fingerprint density at radius 3 is 2.46 bits per heavy atom. The van der Waals surface area contributed by atoms with Crippen LogP contribution < -0.4 is 20.1 Å². The van der Waals surface area contributed by atoms with Crippen LogP contribution in [0.5, 0.6) is 11.5 Å². The van der Waals surface area contributed by atoms with Gasteiger partial charge in [-0.05, 0) is 51.3 Å². The van der Waals surface area contributed by atoms with E-state index in [0.29, 0.717) is 50.3 Å². The minimum atomic E-state index is -0.735. The van der Waals surface area contributed by atoms with Crippen LogP contribution in [-0.2, 0) is 9.53 Å². The van der Waals surface area contributed by atoms with Crippen LogP contribution in [0.3, 0.4) is 0 Å². The van der Waals surface area contributed by atoms with Crippen molar-refractivity contribution in [3.63, 3.8) is 0 Å². The Balaban J connectivity index is 2.61. The lowest BCUT2D eigenvalue weighted by molar-refractivity contribution is -0.139. The van der Waals surface area contributed by atoms with E-state index in [-0.39, 0.29) is 0 Å². The second-order valence-corrected chi connectivity index (χ2v) is 7.18. The maximum Gasteiger partial charge on any atom is 0.338 e. The SMILES string of the molecule is CCCOC(=O)C1=C(C)NC(=O)NC1c1cc(Br)c(OC)c(Br)c1OC. The molecule has 0 bridgehead atoms. The first-order valence-electron chi connectivity index (χ1n) is 7.90. The lowest BCUT2D eigenvalue weighted by Gasteiger charge is -2.29. The Morgan fingerprint density at radius 1 is 1.23 bits per heavy atom. The molecule has 1 aromatic rings. The molecule has 142 valence electrons. The Kier molecular flexibility index (Phi) is 6.94.